The molecule has 7 heteroatoms. The van der Waals surface area contributed by atoms with Crippen molar-refractivity contribution in [2.45, 2.75) is 6.18 Å². The highest BCUT2D eigenvalue weighted by Gasteiger charge is 2.33. The van der Waals surface area contributed by atoms with Crippen molar-refractivity contribution in [3.63, 3.8) is 0 Å². The average molecular weight is 306 g/mol. The summed E-state index contributed by atoms with van der Waals surface area (Å²) in [5, 5.41) is 7.08. The summed E-state index contributed by atoms with van der Waals surface area (Å²) in [7, 11) is 0. The van der Waals surface area contributed by atoms with E-state index in [4.69, 9.17) is 11.5 Å². The van der Waals surface area contributed by atoms with Gasteiger partial charge in [0.25, 0.3) is 0 Å². The number of hydrogen-bond donors (Lipinski definition) is 2. The Bertz CT molecular complexity index is 717. The maximum Gasteiger partial charge on any atom is 0.417 e. The summed E-state index contributed by atoms with van der Waals surface area (Å²) >= 11 is 0. The van der Waals surface area contributed by atoms with E-state index in [0.29, 0.717) is 11.1 Å². The lowest BCUT2D eigenvalue weighted by atomic mass is 9.98. The highest BCUT2D eigenvalue weighted by Crippen LogP contribution is 2.36. The van der Waals surface area contributed by atoms with Crippen LogP contribution in [-0.2, 0) is 6.18 Å². The van der Waals surface area contributed by atoms with Gasteiger partial charge in [-0.15, -0.1) is 5.10 Å². The monoisotopic (exact) mass is 306 g/mol. The van der Waals surface area contributed by atoms with Crippen molar-refractivity contribution < 1.29 is 13.2 Å². The summed E-state index contributed by atoms with van der Waals surface area (Å²) in [5.41, 5.74) is 10.7. The van der Waals surface area contributed by atoms with Gasteiger partial charge in [0.1, 0.15) is 0 Å². The molecule has 0 aliphatic carbocycles. The normalized spacial score (nSPS) is 11.6. The molecular formula is C15H13F3N4. The van der Waals surface area contributed by atoms with Crippen LogP contribution in [0.25, 0.3) is 11.1 Å². The van der Waals surface area contributed by atoms with E-state index < -0.39 is 11.7 Å². The predicted octanol–water partition coefficient (Wildman–Crippen LogP) is 2.98. The van der Waals surface area contributed by atoms with Crippen LogP contribution in [0.1, 0.15) is 11.1 Å². The van der Waals surface area contributed by atoms with Gasteiger partial charge in [-0.2, -0.15) is 18.3 Å². The van der Waals surface area contributed by atoms with Crippen molar-refractivity contribution in [2.24, 2.45) is 21.7 Å². The maximum atomic E-state index is 13.1. The second kappa shape index (κ2) is 6.30. The van der Waals surface area contributed by atoms with Gasteiger partial charge in [-0.25, -0.2) is 0 Å². The van der Waals surface area contributed by atoms with Crippen molar-refractivity contribution >= 4 is 12.2 Å². The lowest BCUT2D eigenvalue weighted by molar-refractivity contribution is -0.137. The Morgan fingerprint density at radius 2 is 1.73 bits per heavy atom. The Hall–Kier alpha value is -2.83. The third-order valence-corrected chi connectivity index (χ3v) is 2.81. The minimum atomic E-state index is -4.42. The quantitative estimate of drug-likeness (QED) is 0.519. The fourth-order valence-electron chi connectivity index (χ4n) is 1.93. The van der Waals surface area contributed by atoms with Crippen LogP contribution in [0, 0.1) is 0 Å². The van der Waals surface area contributed by atoms with Crippen molar-refractivity contribution in [3.8, 4) is 11.1 Å². The predicted molar refractivity (Wildman–Crippen MR) is 80.3 cm³/mol. The van der Waals surface area contributed by atoms with E-state index in [-0.39, 0.29) is 11.5 Å². The van der Waals surface area contributed by atoms with Gasteiger partial charge in [-0.1, -0.05) is 36.4 Å². The number of nitrogens with zero attached hydrogens (tertiary/aromatic N) is 2. The van der Waals surface area contributed by atoms with Gasteiger partial charge >= 0.3 is 6.18 Å². The second-order valence-electron chi connectivity index (χ2n) is 4.44. The Labute approximate surface area is 125 Å². The van der Waals surface area contributed by atoms with Crippen LogP contribution in [0.4, 0.5) is 13.2 Å². The molecule has 0 radical (unpaired) electrons. The van der Waals surface area contributed by atoms with Crippen LogP contribution in [0.15, 0.2) is 58.7 Å². The molecule has 2 aromatic rings. The van der Waals surface area contributed by atoms with Gasteiger partial charge in [0.05, 0.1) is 11.8 Å². The van der Waals surface area contributed by atoms with E-state index in [2.05, 4.69) is 10.2 Å². The van der Waals surface area contributed by atoms with Crippen LogP contribution < -0.4 is 11.5 Å². The number of nitrogens with two attached hydrogens (primary N) is 2. The molecule has 0 saturated carbocycles. The molecule has 0 saturated heterocycles. The molecule has 0 spiro atoms. The molecule has 0 unspecified atom stereocenters. The third kappa shape index (κ3) is 3.85. The van der Waals surface area contributed by atoms with Crippen LogP contribution in [0.5, 0.6) is 0 Å². The molecule has 0 bridgehead atoms. The van der Waals surface area contributed by atoms with Crippen molar-refractivity contribution in [1.29, 1.82) is 0 Å². The van der Waals surface area contributed by atoms with Gasteiger partial charge < -0.3 is 11.5 Å². The molecule has 0 atom stereocenters. The summed E-state index contributed by atoms with van der Waals surface area (Å²) in [6.07, 6.45) is -3.06. The molecule has 22 heavy (non-hydrogen) atoms. The van der Waals surface area contributed by atoms with Crippen molar-refractivity contribution in [2.75, 3.05) is 0 Å². The van der Waals surface area contributed by atoms with E-state index in [1.165, 1.54) is 18.3 Å². The number of rotatable bonds is 3. The SMILES string of the molecule is NC(N)=NN=Cc1cccc(-c2ccccc2C(F)(F)F)c1. The Morgan fingerprint density at radius 3 is 2.41 bits per heavy atom. The molecular weight excluding hydrogens is 293 g/mol. The fourth-order valence-corrected chi connectivity index (χ4v) is 1.93. The smallest absolute Gasteiger partial charge is 0.369 e. The van der Waals surface area contributed by atoms with Gasteiger partial charge in [0, 0.05) is 0 Å². The van der Waals surface area contributed by atoms with Gasteiger partial charge in [-0.3, -0.25) is 0 Å². The summed E-state index contributed by atoms with van der Waals surface area (Å²) in [4.78, 5) is 0. The largest absolute Gasteiger partial charge is 0.417 e. The first-order valence-corrected chi connectivity index (χ1v) is 6.26. The van der Waals surface area contributed by atoms with Crippen LogP contribution in [0.2, 0.25) is 0 Å². The minimum Gasteiger partial charge on any atom is -0.369 e. The molecule has 114 valence electrons. The van der Waals surface area contributed by atoms with Gasteiger partial charge in [0.15, 0.2) is 0 Å². The number of guanidine groups is 1. The highest BCUT2D eigenvalue weighted by molar-refractivity contribution is 5.84. The second-order valence-corrected chi connectivity index (χ2v) is 4.44. The highest BCUT2D eigenvalue weighted by atomic mass is 19.4. The standard InChI is InChI=1S/C15H13F3N4/c16-15(17,18)13-7-2-1-6-12(13)11-5-3-4-10(8-11)9-21-22-14(19)20/h1-9H,(H4,19,20,22). The third-order valence-electron chi connectivity index (χ3n) is 2.81. The molecule has 0 fully saturated rings. The summed E-state index contributed by atoms with van der Waals surface area (Å²) < 4.78 is 39.2. The molecule has 4 nitrogen and oxygen atoms in total. The zero-order valence-electron chi connectivity index (χ0n) is 11.4. The number of halogens is 3. The van der Waals surface area contributed by atoms with Crippen molar-refractivity contribution in [3.05, 3.63) is 59.7 Å². The molecule has 0 aliphatic rings. The minimum absolute atomic E-state index is 0.104. The first-order chi connectivity index (χ1) is 10.4. The van der Waals surface area contributed by atoms with Crippen LogP contribution in [-0.4, -0.2) is 12.2 Å². The molecule has 2 aromatic carbocycles. The van der Waals surface area contributed by atoms with E-state index in [9.17, 15) is 13.2 Å². The van der Waals surface area contributed by atoms with E-state index in [1.807, 2.05) is 0 Å². The molecule has 4 N–H and O–H groups in total. The number of hydrogen-bond acceptors (Lipinski definition) is 2. The summed E-state index contributed by atoms with van der Waals surface area (Å²) in [6, 6.07) is 11.9. The topological polar surface area (TPSA) is 76.8 Å². The van der Waals surface area contributed by atoms with E-state index in [1.54, 1.807) is 30.3 Å². The summed E-state index contributed by atoms with van der Waals surface area (Å²) in [6.45, 7) is 0. The van der Waals surface area contributed by atoms with Crippen molar-refractivity contribution in [1.82, 2.24) is 0 Å². The Morgan fingerprint density at radius 1 is 1.00 bits per heavy atom. The first kappa shape index (κ1) is 15.6. The molecule has 0 aliphatic heterocycles. The van der Waals surface area contributed by atoms with Gasteiger partial charge in [0.2, 0.25) is 5.96 Å². The average Bonchev–Trinajstić information content (AvgIpc) is 2.46. The number of alkyl halides is 3. The fraction of sp³-hybridized carbons (Fsp3) is 0.0667. The molecule has 2 rings (SSSR count). The van der Waals surface area contributed by atoms with Gasteiger partial charge in [-0.05, 0) is 28.8 Å². The number of benzene rings is 2. The maximum absolute atomic E-state index is 13.1. The first-order valence-electron chi connectivity index (χ1n) is 6.26. The lowest BCUT2D eigenvalue weighted by Gasteiger charge is -2.13. The molecule has 0 heterocycles. The zero-order chi connectivity index (χ0) is 16.2. The van der Waals surface area contributed by atoms with Crippen LogP contribution >= 0.6 is 0 Å². The van der Waals surface area contributed by atoms with Crippen LogP contribution in [0.3, 0.4) is 0 Å². The van der Waals surface area contributed by atoms with E-state index >= 15 is 0 Å². The molecule has 0 amide bonds. The Balaban J connectivity index is 2.43. The summed E-state index contributed by atoms with van der Waals surface area (Å²) in [5.74, 6) is -0.199. The zero-order valence-corrected chi connectivity index (χ0v) is 11.4. The lowest BCUT2D eigenvalue weighted by Crippen LogP contribution is -2.21. The molecule has 0 aromatic heterocycles. The Kier molecular flexibility index (Phi) is 4.45. The van der Waals surface area contributed by atoms with E-state index in [0.717, 1.165) is 6.07 Å².